The van der Waals surface area contributed by atoms with Gasteiger partial charge in [0.25, 0.3) is 0 Å². The van der Waals surface area contributed by atoms with Gasteiger partial charge in [-0.1, -0.05) is 29.8 Å². The second-order valence-electron chi connectivity index (χ2n) is 4.83. The van der Waals surface area contributed by atoms with E-state index < -0.39 is 0 Å². The fourth-order valence-electron chi connectivity index (χ4n) is 1.85. The number of carbonyl (C=O) groups excluding carboxylic acids is 1. The van der Waals surface area contributed by atoms with Gasteiger partial charge in [0.1, 0.15) is 11.1 Å². The standard InChI is InChI=1S/C17H16N2OS/c1-11-4-6-14(7-5-11)8-9-16(20)19-17-15(10-18)12(2)13(3)21-17/h4-9H,1-3H3,(H,19,20)/b9-8+. The van der Waals surface area contributed by atoms with Crippen molar-refractivity contribution in [1.82, 2.24) is 0 Å². The summed E-state index contributed by atoms with van der Waals surface area (Å²) in [5, 5.41) is 12.5. The molecule has 0 fully saturated rings. The van der Waals surface area contributed by atoms with Crippen LogP contribution in [0.15, 0.2) is 30.3 Å². The van der Waals surface area contributed by atoms with Gasteiger partial charge in [-0.15, -0.1) is 11.3 Å². The fourth-order valence-corrected chi connectivity index (χ4v) is 2.87. The molecule has 1 N–H and O–H groups in total. The lowest BCUT2D eigenvalue weighted by molar-refractivity contribution is -0.111. The molecule has 0 atom stereocenters. The molecule has 1 aromatic carbocycles. The summed E-state index contributed by atoms with van der Waals surface area (Å²) < 4.78 is 0. The molecule has 0 aliphatic rings. The number of anilines is 1. The average Bonchev–Trinajstić information content (AvgIpc) is 2.72. The number of nitrogens with one attached hydrogen (secondary N) is 1. The van der Waals surface area contributed by atoms with Gasteiger partial charge in [-0.05, 0) is 38.0 Å². The fraction of sp³-hybridized carbons (Fsp3) is 0.176. The summed E-state index contributed by atoms with van der Waals surface area (Å²) >= 11 is 1.43. The van der Waals surface area contributed by atoms with E-state index in [0.717, 1.165) is 16.0 Å². The smallest absolute Gasteiger partial charge is 0.249 e. The van der Waals surface area contributed by atoms with Crippen LogP contribution in [-0.2, 0) is 4.79 Å². The van der Waals surface area contributed by atoms with E-state index in [9.17, 15) is 4.79 Å². The molecule has 1 aromatic heterocycles. The summed E-state index contributed by atoms with van der Waals surface area (Å²) in [6, 6.07) is 10.1. The molecule has 0 saturated carbocycles. The Morgan fingerprint density at radius 3 is 2.52 bits per heavy atom. The number of nitrogens with zero attached hydrogens (tertiary/aromatic N) is 1. The minimum Gasteiger partial charge on any atom is -0.313 e. The molecule has 2 rings (SSSR count). The second kappa shape index (κ2) is 6.38. The number of hydrogen-bond donors (Lipinski definition) is 1. The molecule has 0 aliphatic heterocycles. The molecular formula is C17H16N2OS. The zero-order valence-electron chi connectivity index (χ0n) is 12.2. The molecule has 3 nitrogen and oxygen atoms in total. The lowest BCUT2D eigenvalue weighted by Gasteiger charge is -1.99. The van der Waals surface area contributed by atoms with E-state index in [1.54, 1.807) is 6.08 Å². The SMILES string of the molecule is Cc1ccc(/C=C/C(=O)Nc2sc(C)c(C)c2C#N)cc1. The first kappa shape index (κ1) is 15.0. The van der Waals surface area contributed by atoms with Crippen LogP contribution in [0.5, 0.6) is 0 Å². The lowest BCUT2D eigenvalue weighted by atomic mass is 10.1. The summed E-state index contributed by atoms with van der Waals surface area (Å²) in [5.41, 5.74) is 3.63. The highest BCUT2D eigenvalue weighted by Gasteiger charge is 2.13. The van der Waals surface area contributed by atoms with Crippen molar-refractivity contribution in [2.24, 2.45) is 0 Å². The van der Waals surface area contributed by atoms with E-state index in [4.69, 9.17) is 5.26 Å². The van der Waals surface area contributed by atoms with Crippen LogP contribution in [0.3, 0.4) is 0 Å². The van der Waals surface area contributed by atoms with Gasteiger partial charge in [-0.3, -0.25) is 4.79 Å². The molecule has 4 heteroatoms. The van der Waals surface area contributed by atoms with Crippen molar-refractivity contribution >= 4 is 28.3 Å². The summed E-state index contributed by atoms with van der Waals surface area (Å²) in [4.78, 5) is 13.0. The van der Waals surface area contributed by atoms with Crippen molar-refractivity contribution in [1.29, 1.82) is 5.26 Å². The number of benzene rings is 1. The molecular weight excluding hydrogens is 280 g/mol. The number of rotatable bonds is 3. The minimum atomic E-state index is -0.228. The van der Waals surface area contributed by atoms with Crippen molar-refractivity contribution in [3.05, 3.63) is 57.5 Å². The Bertz CT molecular complexity index is 733. The Morgan fingerprint density at radius 1 is 1.24 bits per heavy atom. The maximum atomic E-state index is 11.9. The van der Waals surface area contributed by atoms with Gasteiger partial charge in [-0.2, -0.15) is 5.26 Å². The highest BCUT2D eigenvalue weighted by Crippen LogP contribution is 2.31. The van der Waals surface area contributed by atoms with Crippen LogP contribution < -0.4 is 5.32 Å². The Morgan fingerprint density at radius 2 is 1.90 bits per heavy atom. The average molecular weight is 296 g/mol. The predicted molar refractivity (Wildman–Crippen MR) is 87.4 cm³/mol. The first-order valence-electron chi connectivity index (χ1n) is 6.57. The van der Waals surface area contributed by atoms with Crippen LogP contribution in [0.25, 0.3) is 6.08 Å². The molecule has 21 heavy (non-hydrogen) atoms. The Labute approximate surface area is 128 Å². The summed E-state index contributed by atoms with van der Waals surface area (Å²) in [6.45, 7) is 5.85. The topological polar surface area (TPSA) is 52.9 Å². The van der Waals surface area contributed by atoms with Crippen LogP contribution in [-0.4, -0.2) is 5.91 Å². The number of thiophene rings is 1. The van der Waals surface area contributed by atoms with Gasteiger partial charge >= 0.3 is 0 Å². The van der Waals surface area contributed by atoms with Crippen molar-refractivity contribution in [3.8, 4) is 6.07 Å². The van der Waals surface area contributed by atoms with Crippen LogP contribution in [0.2, 0.25) is 0 Å². The zero-order valence-corrected chi connectivity index (χ0v) is 13.0. The van der Waals surface area contributed by atoms with E-state index in [-0.39, 0.29) is 5.91 Å². The molecule has 1 amide bonds. The number of carbonyl (C=O) groups is 1. The van der Waals surface area contributed by atoms with Gasteiger partial charge in [-0.25, -0.2) is 0 Å². The summed E-state index contributed by atoms with van der Waals surface area (Å²) in [5.74, 6) is -0.228. The minimum absolute atomic E-state index is 0.228. The van der Waals surface area contributed by atoms with Crippen LogP contribution in [0.4, 0.5) is 5.00 Å². The van der Waals surface area contributed by atoms with Crippen molar-refractivity contribution in [3.63, 3.8) is 0 Å². The normalized spacial score (nSPS) is 10.6. The Kier molecular flexibility index (Phi) is 4.56. The molecule has 0 saturated heterocycles. The maximum absolute atomic E-state index is 11.9. The zero-order chi connectivity index (χ0) is 15.4. The summed E-state index contributed by atoms with van der Waals surface area (Å²) in [7, 11) is 0. The monoisotopic (exact) mass is 296 g/mol. The van der Waals surface area contributed by atoms with E-state index in [1.807, 2.05) is 45.0 Å². The lowest BCUT2D eigenvalue weighted by Crippen LogP contribution is -2.07. The Balaban J connectivity index is 2.10. The van der Waals surface area contributed by atoms with E-state index >= 15 is 0 Å². The van der Waals surface area contributed by atoms with Crippen LogP contribution in [0.1, 0.15) is 27.1 Å². The number of amides is 1. The van der Waals surface area contributed by atoms with Gasteiger partial charge in [0.15, 0.2) is 0 Å². The number of hydrogen-bond acceptors (Lipinski definition) is 3. The Hall–Kier alpha value is -2.38. The molecule has 106 valence electrons. The highest BCUT2D eigenvalue weighted by molar-refractivity contribution is 7.16. The number of aryl methyl sites for hydroxylation is 2. The molecule has 0 bridgehead atoms. The van der Waals surface area contributed by atoms with E-state index in [2.05, 4.69) is 11.4 Å². The van der Waals surface area contributed by atoms with Gasteiger partial charge in [0, 0.05) is 11.0 Å². The quantitative estimate of drug-likeness (QED) is 0.863. The second-order valence-corrected chi connectivity index (χ2v) is 6.06. The van der Waals surface area contributed by atoms with Gasteiger partial charge in [0.2, 0.25) is 5.91 Å². The van der Waals surface area contributed by atoms with Crippen LogP contribution >= 0.6 is 11.3 Å². The van der Waals surface area contributed by atoms with Crippen molar-refractivity contribution in [2.45, 2.75) is 20.8 Å². The van der Waals surface area contributed by atoms with Gasteiger partial charge in [0.05, 0.1) is 5.56 Å². The highest BCUT2D eigenvalue weighted by atomic mass is 32.1. The third-order valence-electron chi connectivity index (χ3n) is 3.24. The third-order valence-corrected chi connectivity index (χ3v) is 4.36. The summed E-state index contributed by atoms with van der Waals surface area (Å²) in [6.07, 6.45) is 3.24. The number of nitriles is 1. The van der Waals surface area contributed by atoms with E-state index in [0.29, 0.717) is 10.6 Å². The van der Waals surface area contributed by atoms with Crippen molar-refractivity contribution in [2.75, 3.05) is 5.32 Å². The third kappa shape index (κ3) is 3.59. The van der Waals surface area contributed by atoms with Gasteiger partial charge < -0.3 is 5.32 Å². The van der Waals surface area contributed by atoms with Crippen LogP contribution in [0, 0.1) is 32.1 Å². The molecule has 0 aliphatic carbocycles. The maximum Gasteiger partial charge on any atom is 0.249 e. The van der Waals surface area contributed by atoms with Crippen molar-refractivity contribution < 1.29 is 4.79 Å². The largest absolute Gasteiger partial charge is 0.313 e. The molecule has 0 unspecified atom stereocenters. The molecule has 1 heterocycles. The first-order chi connectivity index (χ1) is 10.0. The predicted octanol–water partition coefficient (Wildman–Crippen LogP) is 4.20. The first-order valence-corrected chi connectivity index (χ1v) is 7.38. The molecule has 2 aromatic rings. The molecule has 0 radical (unpaired) electrons. The van der Waals surface area contributed by atoms with E-state index in [1.165, 1.54) is 23.0 Å². The molecule has 0 spiro atoms.